The molecule has 6 nitrogen and oxygen atoms in total. The maximum atomic E-state index is 11.5. The van der Waals surface area contributed by atoms with Crippen LogP contribution in [-0.4, -0.2) is 41.8 Å². The van der Waals surface area contributed by atoms with Crippen molar-refractivity contribution in [1.82, 2.24) is 15.5 Å². The molecule has 0 saturated carbocycles. The summed E-state index contributed by atoms with van der Waals surface area (Å²) in [6.45, 7) is 0. The highest BCUT2D eigenvalue weighted by atomic mass is 32.1. The standard InChI is InChI=1S/C7H9N3O3S/c1-8-4(11)3-5(12)9-7(14)10(2)6(3)13/h3H,1-2H3,(H,8,11)(H,9,12,14). The van der Waals surface area contributed by atoms with Crippen LogP contribution in [0.2, 0.25) is 0 Å². The van der Waals surface area contributed by atoms with Crippen LogP contribution in [-0.2, 0) is 14.4 Å². The maximum Gasteiger partial charge on any atom is 0.250 e. The third-order valence-corrected chi connectivity index (χ3v) is 2.26. The lowest BCUT2D eigenvalue weighted by Crippen LogP contribution is -2.59. The highest BCUT2D eigenvalue weighted by molar-refractivity contribution is 7.80. The number of carbonyl (C=O) groups is 3. The van der Waals surface area contributed by atoms with Gasteiger partial charge in [0.1, 0.15) is 0 Å². The van der Waals surface area contributed by atoms with Crippen LogP contribution in [0.5, 0.6) is 0 Å². The summed E-state index contributed by atoms with van der Waals surface area (Å²) in [5.74, 6) is -3.27. The number of thiocarbonyl (C=S) groups is 1. The summed E-state index contributed by atoms with van der Waals surface area (Å²) >= 11 is 4.70. The van der Waals surface area contributed by atoms with Gasteiger partial charge in [-0.3, -0.25) is 19.3 Å². The van der Waals surface area contributed by atoms with Gasteiger partial charge in [-0.2, -0.15) is 0 Å². The Morgan fingerprint density at radius 1 is 1.57 bits per heavy atom. The molecule has 0 aromatic rings. The molecule has 0 aromatic carbocycles. The van der Waals surface area contributed by atoms with Crippen molar-refractivity contribution in [1.29, 1.82) is 0 Å². The largest absolute Gasteiger partial charge is 0.358 e. The van der Waals surface area contributed by atoms with Crippen LogP contribution >= 0.6 is 12.2 Å². The van der Waals surface area contributed by atoms with Crippen molar-refractivity contribution in [3.8, 4) is 0 Å². The Morgan fingerprint density at radius 3 is 2.64 bits per heavy atom. The Labute approximate surface area is 85.6 Å². The Morgan fingerprint density at radius 2 is 2.14 bits per heavy atom. The first-order valence-electron chi connectivity index (χ1n) is 3.83. The van der Waals surface area contributed by atoms with Crippen molar-refractivity contribution in [3.63, 3.8) is 0 Å². The Balaban J connectivity index is 2.96. The minimum Gasteiger partial charge on any atom is -0.358 e. The molecular formula is C7H9N3O3S. The fraction of sp³-hybridized carbons (Fsp3) is 0.429. The summed E-state index contributed by atoms with van der Waals surface area (Å²) in [6.07, 6.45) is 0. The maximum absolute atomic E-state index is 11.5. The van der Waals surface area contributed by atoms with Gasteiger partial charge in [0.15, 0.2) is 11.0 Å². The normalized spacial score (nSPS) is 22.0. The smallest absolute Gasteiger partial charge is 0.250 e. The third-order valence-electron chi connectivity index (χ3n) is 1.88. The summed E-state index contributed by atoms with van der Waals surface area (Å²) in [7, 11) is 2.76. The van der Waals surface area contributed by atoms with Gasteiger partial charge in [0, 0.05) is 14.1 Å². The zero-order valence-electron chi connectivity index (χ0n) is 7.66. The van der Waals surface area contributed by atoms with Crippen molar-refractivity contribution < 1.29 is 14.4 Å². The Bertz CT molecular complexity index is 328. The average molecular weight is 215 g/mol. The van der Waals surface area contributed by atoms with Crippen molar-refractivity contribution in [2.75, 3.05) is 14.1 Å². The van der Waals surface area contributed by atoms with Gasteiger partial charge in [-0.1, -0.05) is 0 Å². The van der Waals surface area contributed by atoms with Crippen molar-refractivity contribution in [2.24, 2.45) is 5.92 Å². The molecule has 1 aliphatic heterocycles. The number of hydrogen-bond donors (Lipinski definition) is 2. The fourth-order valence-electron chi connectivity index (χ4n) is 1.04. The fourth-order valence-corrected chi connectivity index (χ4v) is 1.23. The minimum atomic E-state index is -1.34. The second kappa shape index (κ2) is 3.70. The molecule has 1 aliphatic rings. The summed E-state index contributed by atoms with van der Waals surface area (Å²) in [6, 6.07) is 0. The molecule has 0 spiro atoms. The molecule has 2 N–H and O–H groups in total. The second-order valence-electron chi connectivity index (χ2n) is 2.74. The number of nitrogens with one attached hydrogen (secondary N) is 2. The van der Waals surface area contributed by atoms with E-state index < -0.39 is 23.6 Å². The zero-order valence-corrected chi connectivity index (χ0v) is 8.47. The van der Waals surface area contributed by atoms with Crippen molar-refractivity contribution in [3.05, 3.63) is 0 Å². The predicted molar refractivity (Wildman–Crippen MR) is 51.1 cm³/mol. The van der Waals surface area contributed by atoms with E-state index in [0.717, 1.165) is 4.90 Å². The van der Waals surface area contributed by atoms with Crippen LogP contribution in [0, 0.1) is 5.92 Å². The molecule has 0 radical (unpaired) electrons. The van der Waals surface area contributed by atoms with E-state index in [9.17, 15) is 14.4 Å². The molecule has 0 aromatic heterocycles. The lowest BCUT2D eigenvalue weighted by Gasteiger charge is -2.28. The molecule has 1 saturated heterocycles. The van der Waals surface area contributed by atoms with E-state index in [2.05, 4.69) is 10.6 Å². The van der Waals surface area contributed by atoms with Gasteiger partial charge >= 0.3 is 0 Å². The van der Waals surface area contributed by atoms with Crippen LogP contribution in [0.3, 0.4) is 0 Å². The van der Waals surface area contributed by atoms with Crippen LogP contribution in [0.25, 0.3) is 0 Å². The van der Waals surface area contributed by atoms with E-state index >= 15 is 0 Å². The molecule has 0 bridgehead atoms. The predicted octanol–water partition coefficient (Wildman–Crippen LogP) is -1.78. The molecular weight excluding hydrogens is 206 g/mol. The quantitative estimate of drug-likeness (QED) is 0.400. The first-order valence-corrected chi connectivity index (χ1v) is 4.24. The van der Waals surface area contributed by atoms with Gasteiger partial charge in [-0.05, 0) is 12.2 Å². The topological polar surface area (TPSA) is 78.5 Å². The second-order valence-corrected chi connectivity index (χ2v) is 3.13. The van der Waals surface area contributed by atoms with Crippen LogP contribution in [0.1, 0.15) is 0 Å². The number of hydrogen-bond acceptors (Lipinski definition) is 4. The lowest BCUT2D eigenvalue weighted by molar-refractivity contribution is -0.146. The highest BCUT2D eigenvalue weighted by Crippen LogP contribution is 2.08. The van der Waals surface area contributed by atoms with Crippen LogP contribution in [0.15, 0.2) is 0 Å². The summed E-state index contributed by atoms with van der Waals surface area (Å²) in [5.41, 5.74) is 0. The van der Waals surface area contributed by atoms with Crippen LogP contribution in [0.4, 0.5) is 0 Å². The lowest BCUT2D eigenvalue weighted by atomic mass is 10.1. The van der Waals surface area contributed by atoms with Gasteiger partial charge in [-0.25, -0.2) is 0 Å². The molecule has 1 heterocycles. The molecule has 14 heavy (non-hydrogen) atoms. The SMILES string of the molecule is CNC(=O)C1C(=O)NC(=S)N(C)C1=O. The number of amides is 3. The van der Waals surface area contributed by atoms with Crippen LogP contribution < -0.4 is 10.6 Å². The van der Waals surface area contributed by atoms with Gasteiger partial charge in [0.2, 0.25) is 11.8 Å². The first kappa shape index (κ1) is 10.6. The zero-order chi connectivity index (χ0) is 10.9. The molecule has 0 aliphatic carbocycles. The molecule has 1 atom stereocenters. The molecule has 1 unspecified atom stereocenters. The van der Waals surface area contributed by atoms with E-state index in [0.29, 0.717) is 0 Å². The van der Waals surface area contributed by atoms with Crippen molar-refractivity contribution >= 4 is 35.1 Å². The number of carbonyl (C=O) groups excluding carboxylic acids is 3. The van der Waals surface area contributed by atoms with Gasteiger partial charge in [-0.15, -0.1) is 0 Å². The van der Waals surface area contributed by atoms with E-state index in [1.807, 2.05) is 0 Å². The van der Waals surface area contributed by atoms with Crippen molar-refractivity contribution in [2.45, 2.75) is 0 Å². The van der Waals surface area contributed by atoms with Gasteiger partial charge in [0.25, 0.3) is 5.91 Å². The van der Waals surface area contributed by atoms with E-state index in [1.165, 1.54) is 14.1 Å². The summed E-state index contributed by atoms with van der Waals surface area (Å²) < 4.78 is 0. The molecule has 1 fully saturated rings. The number of rotatable bonds is 1. The third kappa shape index (κ3) is 1.58. The molecule has 7 heteroatoms. The summed E-state index contributed by atoms with van der Waals surface area (Å²) in [5, 5.41) is 4.52. The van der Waals surface area contributed by atoms with E-state index in [1.54, 1.807) is 0 Å². The molecule has 3 amide bonds. The monoisotopic (exact) mass is 215 g/mol. The Hall–Kier alpha value is -1.50. The molecule has 1 rings (SSSR count). The van der Waals surface area contributed by atoms with Gasteiger partial charge < -0.3 is 10.6 Å². The Kier molecular flexibility index (Phi) is 2.80. The summed E-state index contributed by atoms with van der Waals surface area (Å²) in [4.78, 5) is 35.0. The van der Waals surface area contributed by atoms with Gasteiger partial charge in [0.05, 0.1) is 0 Å². The molecule has 76 valence electrons. The highest BCUT2D eigenvalue weighted by Gasteiger charge is 2.41. The first-order chi connectivity index (χ1) is 6.49. The minimum absolute atomic E-state index is 0.0140. The van der Waals surface area contributed by atoms with E-state index in [-0.39, 0.29) is 5.11 Å². The average Bonchev–Trinajstić information content (AvgIpc) is 2.14. The van der Waals surface area contributed by atoms with E-state index in [4.69, 9.17) is 12.2 Å². The number of nitrogens with zero attached hydrogens (tertiary/aromatic N) is 1.